The number of hydrogen-bond acceptors (Lipinski definition) is 3. The number of amides is 1. The van der Waals surface area contributed by atoms with Crippen LogP contribution in [0.15, 0.2) is 29.7 Å². The van der Waals surface area contributed by atoms with Crippen molar-refractivity contribution in [1.29, 1.82) is 0 Å². The fourth-order valence-corrected chi connectivity index (χ4v) is 2.97. The molecule has 4 heteroatoms. The zero-order chi connectivity index (χ0) is 12.8. The maximum atomic E-state index is 11.8. The molecule has 0 N–H and O–H groups in total. The molecule has 18 heavy (non-hydrogen) atoms. The number of nitrogens with zero attached hydrogens (tertiary/aromatic N) is 2. The Labute approximate surface area is 113 Å². The van der Waals surface area contributed by atoms with Crippen molar-refractivity contribution in [3.05, 3.63) is 34.5 Å². The molecule has 0 unspecified atom stereocenters. The second-order valence-electron chi connectivity index (χ2n) is 4.53. The Bertz CT molecular complexity index is 400. The molecule has 1 aromatic rings. The van der Waals surface area contributed by atoms with E-state index in [9.17, 15) is 4.79 Å². The van der Waals surface area contributed by atoms with Gasteiger partial charge in [-0.2, -0.15) is 0 Å². The molecule has 1 amide bonds. The van der Waals surface area contributed by atoms with Gasteiger partial charge < -0.3 is 4.90 Å². The number of carbonyl (C=O) groups excluding carboxylic acids is 1. The monoisotopic (exact) mass is 264 g/mol. The Morgan fingerprint density at radius 2 is 2.28 bits per heavy atom. The zero-order valence-electron chi connectivity index (χ0n) is 10.8. The molecule has 1 saturated heterocycles. The molecule has 98 valence electrons. The summed E-state index contributed by atoms with van der Waals surface area (Å²) in [5.74, 6) is 0.149. The minimum Gasteiger partial charge on any atom is -0.338 e. The highest BCUT2D eigenvalue weighted by Crippen LogP contribution is 2.13. The van der Waals surface area contributed by atoms with Gasteiger partial charge in [0.1, 0.15) is 0 Å². The summed E-state index contributed by atoms with van der Waals surface area (Å²) in [7, 11) is 0. The van der Waals surface area contributed by atoms with Crippen LogP contribution >= 0.6 is 11.3 Å². The first-order chi connectivity index (χ1) is 8.79. The largest absolute Gasteiger partial charge is 0.338 e. The lowest BCUT2D eigenvalue weighted by atomic mass is 10.3. The van der Waals surface area contributed by atoms with Gasteiger partial charge in [-0.15, -0.1) is 11.3 Å². The zero-order valence-corrected chi connectivity index (χ0v) is 11.7. The van der Waals surface area contributed by atoms with Crippen LogP contribution in [0, 0.1) is 0 Å². The molecule has 0 bridgehead atoms. The third kappa shape index (κ3) is 3.68. The van der Waals surface area contributed by atoms with Crippen molar-refractivity contribution in [3.8, 4) is 0 Å². The van der Waals surface area contributed by atoms with Gasteiger partial charge in [-0.3, -0.25) is 9.69 Å². The fraction of sp³-hybridized carbons (Fsp3) is 0.500. The Morgan fingerprint density at radius 1 is 1.39 bits per heavy atom. The van der Waals surface area contributed by atoms with Gasteiger partial charge in [0, 0.05) is 37.6 Å². The van der Waals surface area contributed by atoms with E-state index in [1.54, 1.807) is 17.4 Å². The van der Waals surface area contributed by atoms with Gasteiger partial charge in [-0.05, 0) is 30.9 Å². The maximum Gasteiger partial charge on any atom is 0.246 e. The van der Waals surface area contributed by atoms with Crippen molar-refractivity contribution in [2.75, 3.05) is 26.2 Å². The Kier molecular flexibility index (Phi) is 4.96. The Morgan fingerprint density at radius 3 is 3.00 bits per heavy atom. The third-order valence-corrected chi connectivity index (χ3v) is 4.03. The summed E-state index contributed by atoms with van der Waals surface area (Å²) < 4.78 is 0. The molecule has 0 aliphatic carbocycles. The molecule has 1 aliphatic heterocycles. The van der Waals surface area contributed by atoms with Crippen LogP contribution < -0.4 is 0 Å². The molecular formula is C14H20N2OS. The second-order valence-corrected chi connectivity index (χ2v) is 5.57. The number of thiophene rings is 1. The van der Waals surface area contributed by atoms with Crippen LogP contribution in [0.3, 0.4) is 0 Å². The minimum absolute atomic E-state index is 0.149. The summed E-state index contributed by atoms with van der Waals surface area (Å²) in [6.07, 6.45) is 4.54. The van der Waals surface area contributed by atoms with Crippen LogP contribution in [0.25, 0.3) is 0 Å². The number of hydrogen-bond donors (Lipinski definition) is 0. The number of allylic oxidation sites excluding steroid dienone is 1. The van der Waals surface area contributed by atoms with Gasteiger partial charge in [-0.1, -0.05) is 12.1 Å². The predicted molar refractivity (Wildman–Crippen MR) is 75.6 cm³/mol. The fourth-order valence-electron chi connectivity index (χ4n) is 2.22. The molecule has 3 nitrogen and oxygen atoms in total. The maximum absolute atomic E-state index is 11.8. The van der Waals surface area contributed by atoms with E-state index in [1.807, 2.05) is 17.9 Å². The lowest BCUT2D eigenvalue weighted by Crippen LogP contribution is -2.33. The summed E-state index contributed by atoms with van der Waals surface area (Å²) in [5.41, 5.74) is 0. The quantitative estimate of drug-likeness (QED) is 0.783. The van der Waals surface area contributed by atoms with E-state index in [2.05, 4.69) is 22.4 Å². The first-order valence-electron chi connectivity index (χ1n) is 6.46. The molecule has 0 saturated carbocycles. The van der Waals surface area contributed by atoms with E-state index >= 15 is 0 Å². The first kappa shape index (κ1) is 13.3. The van der Waals surface area contributed by atoms with E-state index in [-0.39, 0.29) is 5.91 Å². The summed E-state index contributed by atoms with van der Waals surface area (Å²) in [6.45, 7) is 6.68. The van der Waals surface area contributed by atoms with E-state index in [0.29, 0.717) is 0 Å². The molecule has 0 atom stereocenters. The lowest BCUT2D eigenvalue weighted by Gasteiger charge is -2.20. The molecule has 2 rings (SSSR count). The van der Waals surface area contributed by atoms with E-state index in [1.165, 1.54) is 4.88 Å². The smallest absolute Gasteiger partial charge is 0.246 e. The predicted octanol–water partition coefficient (Wildman–Crippen LogP) is 2.36. The van der Waals surface area contributed by atoms with Crippen molar-refractivity contribution in [3.63, 3.8) is 0 Å². The van der Waals surface area contributed by atoms with Crippen LogP contribution in [0.4, 0.5) is 0 Å². The van der Waals surface area contributed by atoms with E-state index in [0.717, 1.165) is 39.1 Å². The average molecular weight is 264 g/mol. The highest BCUT2D eigenvalue weighted by atomic mass is 32.1. The number of rotatable bonds is 3. The number of carbonyl (C=O) groups is 1. The van der Waals surface area contributed by atoms with Gasteiger partial charge in [-0.25, -0.2) is 0 Å². The highest BCUT2D eigenvalue weighted by Gasteiger charge is 2.17. The Hall–Kier alpha value is -1.13. The molecule has 0 spiro atoms. The molecular weight excluding hydrogens is 244 g/mol. The van der Waals surface area contributed by atoms with E-state index in [4.69, 9.17) is 0 Å². The summed E-state index contributed by atoms with van der Waals surface area (Å²) >= 11 is 1.81. The van der Waals surface area contributed by atoms with Crippen molar-refractivity contribution in [1.82, 2.24) is 9.80 Å². The van der Waals surface area contributed by atoms with Crippen LogP contribution in [0.1, 0.15) is 18.2 Å². The third-order valence-electron chi connectivity index (χ3n) is 3.17. The van der Waals surface area contributed by atoms with Gasteiger partial charge in [0.2, 0.25) is 5.91 Å². The summed E-state index contributed by atoms with van der Waals surface area (Å²) in [6, 6.07) is 4.28. The van der Waals surface area contributed by atoms with Crippen LogP contribution in [-0.4, -0.2) is 41.9 Å². The topological polar surface area (TPSA) is 23.6 Å². The van der Waals surface area contributed by atoms with E-state index < -0.39 is 0 Å². The lowest BCUT2D eigenvalue weighted by molar-refractivity contribution is -0.125. The summed E-state index contributed by atoms with van der Waals surface area (Å²) in [5, 5.41) is 2.12. The minimum atomic E-state index is 0.149. The van der Waals surface area contributed by atoms with Gasteiger partial charge >= 0.3 is 0 Å². The van der Waals surface area contributed by atoms with Crippen molar-refractivity contribution in [2.45, 2.75) is 19.9 Å². The molecule has 2 heterocycles. The van der Waals surface area contributed by atoms with Crippen molar-refractivity contribution < 1.29 is 4.79 Å². The van der Waals surface area contributed by atoms with Gasteiger partial charge in [0.15, 0.2) is 0 Å². The Balaban J connectivity index is 1.86. The second kappa shape index (κ2) is 6.71. The molecule has 1 aliphatic rings. The van der Waals surface area contributed by atoms with Crippen LogP contribution in [0.2, 0.25) is 0 Å². The molecule has 1 aromatic heterocycles. The van der Waals surface area contributed by atoms with Crippen molar-refractivity contribution >= 4 is 17.2 Å². The van der Waals surface area contributed by atoms with Gasteiger partial charge in [0.05, 0.1) is 0 Å². The average Bonchev–Trinajstić information content (AvgIpc) is 2.74. The molecule has 0 radical (unpaired) electrons. The standard InChI is InChI=1S/C14H20N2OS/c1-2-5-14(17)16-8-4-7-15(9-10-16)12-13-6-3-11-18-13/h2-3,5-6,11H,4,7-10,12H2,1H3. The highest BCUT2D eigenvalue weighted by molar-refractivity contribution is 7.09. The molecule has 0 aromatic carbocycles. The SMILES string of the molecule is CC=CC(=O)N1CCCN(Cc2cccs2)CC1. The van der Waals surface area contributed by atoms with Gasteiger partial charge in [0.25, 0.3) is 0 Å². The van der Waals surface area contributed by atoms with Crippen molar-refractivity contribution in [2.24, 2.45) is 0 Å². The van der Waals surface area contributed by atoms with Crippen LogP contribution in [0.5, 0.6) is 0 Å². The van der Waals surface area contributed by atoms with Crippen LogP contribution in [-0.2, 0) is 11.3 Å². The molecule has 1 fully saturated rings. The summed E-state index contributed by atoms with van der Waals surface area (Å²) in [4.78, 5) is 17.6. The normalized spacial score (nSPS) is 18.2. The first-order valence-corrected chi connectivity index (χ1v) is 7.34.